The zero-order chi connectivity index (χ0) is 28.4. The average Bonchev–Trinajstić information content (AvgIpc) is 3.57. The topological polar surface area (TPSA) is 130 Å². The van der Waals surface area contributed by atoms with Gasteiger partial charge in [0, 0.05) is 31.3 Å². The summed E-state index contributed by atoms with van der Waals surface area (Å²) in [5.41, 5.74) is -0.424. The molecular formula is C26H24ClF3N6O4. The Hall–Kier alpha value is -3.81. The number of aromatic nitrogens is 5. The van der Waals surface area contributed by atoms with E-state index in [-0.39, 0.29) is 34.9 Å². The van der Waals surface area contributed by atoms with Crippen molar-refractivity contribution in [2.24, 2.45) is 5.92 Å². The minimum absolute atomic E-state index is 0.0562. The summed E-state index contributed by atoms with van der Waals surface area (Å²) in [5.74, 6) is -1.16. The molecule has 0 radical (unpaired) electrons. The molecule has 1 aliphatic rings. The highest BCUT2D eigenvalue weighted by Crippen LogP contribution is 2.38. The van der Waals surface area contributed by atoms with Crippen molar-refractivity contribution in [3.8, 4) is 28.7 Å². The lowest BCUT2D eigenvalue weighted by atomic mass is 9.94. The molecule has 3 aromatic heterocycles. The van der Waals surface area contributed by atoms with E-state index in [1.54, 1.807) is 24.3 Å². The van der Waals surface area contributed by atoms with Crippen LogP contribution in [0.1, 0.15) is 36.6 Å². The molecule has 0 spiro atoms. The Labute approximate surface area is 231 Å². The third kappa shape index (κ3) is 6.16. The van der Waals surface area contributed by atoms with E-state index in [4.69, 9.17) is 21.2 Å². The molecule has 2 N–H and O–H groups in total. The molecule has 0 unspecified atom stereocenters. The number of halogens is 4. The summed E-state index contributed by atoms with van der Waals surface area (Å²) in [6.07, 6.45) is -1.58. The van der Waals surface area contributed by atoms with E-state index in [2.05, 4.69) is 25.1 Å². The van der Waals surface area contributed by atoms with Crippen LogP contribution in [-0.2, 0) is 11.0 Å². The second kappa shape index (κ2) is 11.4. The van der Waals surface area contributed by atoms with Gasteiger partial charge in [-0.2, -0.15) is 23.3 Å². The van der Waals surface area contributed by atoms with Crippen molar-refractivity contribution in [2.45, 2.75) is 31.5 Å². The van der Waals surface area contributed by atoms with Crippen LogP contribution in [0.2, 0.25) is 5.02 Å². The number of aliphatic hydroxyl groups is 1. The van der Waals surface area contributed by atoms with E-state index in [9.17, 15) is 23.1 Å². The van der Waals surface area contributed by atoms with Gasteiger partial charge in [-0.05, 0) is 43.0 Å². The smallest absolute Gasteiger partial charge is 0.434 e. The summed E-state index contributed by atoms with van der Waals surface area (Å²) >= 11 is 5.80. The van der Waals surface area contributed by atoms with Crippen molar-refractivity contribution in [1.29, 1.82) is 0 Å². The third-order valence-corrected chi connectivity index (χ3v) is 6.90. The number of hydrogen-bond acceptors (Lipinski definition) is 8. The summed E-state index contributed by atoms with van der Waals surface area (Å²) < 4.78 is 47.9. The van der Waals surface area contributed by atoms with Crippen molar-refractivity contribution >= 4 is 17.6 Å². The predicted octanol–water partition coefficient (Wildman–Crippen LogP) is 4.88. The van der Waals surface area contributed by atoms with Crippen LogP contribution in [0, 0.1) is 5.92 Å². The molecule has 0 bridgehead atoms. The molecule has 1 saturated heterocycles. The molecule has 1 aliphatic heterocycles. The maximum Gasteiger partial charge on any atom is 0.434 e. The molecule has 0 amide bonds. The fourth-order valence-electron chi connectivity index (χ4n) is 4.83. The molecule has 4 heterocycles. The first-order valence-corrected chi connectivity index (χ1v) is 12.8. The quantitative estimate of drug-likeness (QED) is 0.301. The van der Waals surface area contributed by atoms with Gasteiger partial charge in [0.25, 0.3) is 5.89 Å². The Balaban J connectivity index is 1.32. The first-order chi connectivity index (χ1) is 19.1. The van der Waals surface area contributed by atoms with Crippen LogP contribution < -0.4 is 0 Å². The molecule has 210 valence electrons. The van der Waals surface area contributed by atoms with Gasteiger partial charge in [0.15, 0.2) is 11.5 Å². The largest absolute Gasteiger partial charge is 0.481 e. The van der Waals surface area contributed by atoms with Gasteiger partial charge in [-0.1, -0.05) is 41.0 Å². The Morgan fingerprint density at radius 2 is 1.95 bits per heavy atom. The average molecular weight is 577 g/mol. The van der Waals surface area contributed by atoms with E-state index in [1.165, 1.54) is 18.3 Å². The van der Waals surface area contributed by atoms with Gasteiger partial charge in [-0.15, -0.1) is 0 Å². The molecule has 5 rings (SSSR count). The number of pyridine rings is 1. The molecule has 1 aromatic carbocycles. The van der Waals surface area contributed by atoms with E-state index in [1.807, 2.05) is 0 Å². The lowest BCUT2D eigenvalue weighted by Gasteiger charge is -2.33. The lowest BCUT2D eigenvalue weighted by Crippen LogP contribution is -2.38. The number of hydrogen-bond donors (Lipinski definition) is 2. The van der Waals surface area contributed by atoms with Gasteiger partial charge >= 0.3 is 12.1 Å². The van der Waals surface area contributed by atoms with E-state index < -0.39 is 29.5 Å². The number of nitrogens with zero attached hydrogens (tertiary/aromatic N) is 6. The zero-order valence-electron chi connectivity index (χ0n) is 20.9. The number of benzene rings is 1. The summed E-state index contributed by atoms with van der Waals surface area (Å²) in [4.78, 5) is 21.2. The number of carbonyl (C=O) groups is 1. The van der Waals surface area contributed by atoms with Gasteiger partial charge < -0.3 is 19.6 Å². The summed E-state index contributed by atoms with van der Waals surface area (Å²) in [6, 6.07) is 9.35. The van der Waals surface area contributed by atoms with Gasteiger partial charge in [0.2, 0.25) is 5.82 Å². The molecule has 14 heteroatoms. The van der Waals surface area contributed by atoms with Crippen molar-refractivity contribution in [3.63, 3.8) is 0 Å². The Kier molecular flexibility index (Phi) is 7.88. The van der Waals surface area contributed by atoms with Crippen LogP contribution in [0.4, 0.5) is 13.2 Å². The highest BCUT2D eigenvalue weighted by Gasteiger charge is 2.41. The number of rotatable bonds is 8. The van der Waals surface area contributed by atoms with Gasteiger partial charge in [-0.3, -0.25) is 4.79 Å². The van der Waals surface area contributed by atoms with E-state index in [0.717, 1.165) is 25.6 Å². The number of aliphatic hydroxyl groups excluding tert-OH is 1. The molecule has 0 aliphatic carbocycles. The Bertz CT molecular complexity index is 1470. The monoisotopic (exact) mass is 576 g/mol. The van der Waals surface area contributed by atoms with Crippen LogP contribution in [0.15, 0.2) is 53.3 Å². The summed E-state index contributed by atoms with van der Waals surface area (Å²) in [5, 5.41) is 27.7. The minimum atomic E-state index is -4.80. The van der Waals surface area contributed by atoms with Crippen molar-refractivity contribution in [2.75, 3.05) is 19.6 Å². The maximum atomic E-state index is 14.0. The second-order valence-corrected chi connectivity index (χ2v) is 10.0. The predicted molar refractivity (Wildman–Crippen MR) is 136 cm³/mol. The molecule has 1 fully saturated rings. The fraction of sp³-hybridized carbons (Fsp3) is 0.346. The highest BCUT2D eigenvalue weighted by molar-refractivity contribution is 6.30. The van der Waals surface area contributed by atoms with Crippen LogP contribution >= 0.6 is 11.6 Å². The maximum absolute atomic E-state index is 14.0. The van der Waals surface area contributed by atoms with Gasteiger partial charge in [0.05, 0.1) is 22.9 Å². The standard InChI is InChI=1S/C26H24ClF3N6O4/c27-18-7-8-21(31-11-18)36-23(26(28,29)30)19(12-32-36)25-33-24(34-40-25)17-5-3-16(4-6-17)20(37)14-35-9-1-2-15(13-35)10-22(38)39/h3-8,11-12,15,20,37H,1-2,9-10,13-14H2,(H,38,39)/t15-,20+/m1/s1. The SMILES string of the molecule is O=C(O)C[C@H]1CCCN(C[C@H](O)c2ccc(-c3noc(-c4cnn(-c5ccc(Cl)cn5)c4C(F)(F)F)n3)cc2)C1. The van der Waals surface area contributed by atoms with Crippen molar-refractivity contribution in [1.82, 2.24) is 29.8 Å². The first kappa shape index (κ1) is 27.7. The van der Waals surface area contributed by atoms with Gasteiger partial charge in [-0.25, -0.2) is 9.67 Å². The Morgan fingerprint density at radius 3 is 2.62 bits per heavy atom. The summed E-state index contributed by atoms with van der Waals surface area (Å²) in [6.45, 7) is 1.74. The molecular weight excluding hydrogens is 553 g/mol. The third-order valence-electron chi connectivity index (χ3n) is 6.67. The van der Waals surface area contributed by atoms with E-state index >= 15 is 0 Å². The lowest BCUT2D eigenvalue weighted by molar-refractivity contribution is -0.142. The molecule has 2 atom stereocenters. The van der Waals surface area contributed by atoms with Gasteiger partial charge in [0.1, 0.15) is 0 Å². The van der Waals surface area contributed by atoms with Crippen molar-refractivity contribution < 1.29 is 32.7 Å². The fourth-order valence-corrected chi connectivity index (χ4v) is 4.94. The van der Waals surface area contributed by atoms with Crippen LogP contribution in [0.5, 0.6) is 0 Å². The number of carboxylic acids is 1. The second-order valence-electron chi connectivity index (χ2n) is 9.58. The number of carboxylic acid groups (broad SMARTS) is 1. The first-order valence-electron chi connectivity index (χ1n) is 12.4. The van der Waals surface area contributed by atoms with Crippen molar-refractivity contribution in [3.05, 3.63) is 65.1 Å². The molecule has 10 nitrogen and oxygen atoms in total. The highest BCUT2D eigenvalue weighted by atomic mass is 35.5. The Morgan fingerprint density at radius 1 is 1.18 bits per heavy atom. The molecule has 40 heavy (non-hydrogen) atoms. The van der Waals surface area contributed by atoms with E-state index in [0.29, 0.717) is 28.9 Å². The number of piperidine rings is 1. The molecule has 4 aromatic rings. The normalized spacial score (nSPS) is 17.2. The number of aliphatic carboxylic acids is 1. The number of alkyl halides is 3. The van der Waals surface area contributed by atoms with Crippen LogP contribution in [0.3, 0.4) is 0 Å². The summed E-state index contributed by atoms with van der Waals surface area (Å²) in [7, 11) is 0. The minimum Gasteiger partial charge on any atom is -0.481 e. The van der Waals surface area contributed by atoms with Crippen LogP contribution in [-0.4, -0.2) is 65.6 Å². The zero-order valence-corrected chi connectivity index (χ0v) is 21.7. The van der Waals surface area contributed by atoms with Crippen LogP contribution in [0.25, 0.3) is 28.7 Å². The molecule has 0 saturated carbocycles. The number of β-amino-alcohol motifs (C(OH)–C–C–N with tert-alkyl or cyclic N) is 1. The number of likely N-dealkylation sites (tertiary alicyclic amines) is 1.